The van der Waals surface area contributed by atoms with Gasteiger partial charge < -0.3 is 14.9 Å². The smallest absolute Gasteiger partial charge is 0.320 e. The maximum Gasteiger partial charge on any atom is 0.320 e. The van der Waals surface area contributed by atoms with Crippen molar-refractivity contribution in [2.24, 2.45) is 17.8 Å². The molecule has 1 aliphatic heterocycles. The molecule has 21 heavy (non-hydrogen) atoms. The van der Waals surface area contributed by atoms with Gasteiger partial charge in [-0.2, -0.15) is 0 Å². The number of hydrogen-bond donors (Lipinski definition) is 1. The molecule has 122 valence electrons. The Hall–Kier alpha value is -1.26. The second kappa shape index (κ2) is 8.25. The maximum atomic E-state index is 12.5. The molecule has 5 heteroatoms. The van der Waals surface area contributed by atoms with Gasteiger partial charge in [-0.3, -0.25) is 4.79 Å². The molecule has 0 aromatic carbocycles. The van der Waals surface area contributed by atoms with Crippen LogP contribution in [0.5, 0.6) is 0 Å². The number of carboxylic acids is 1. The zero-order chi connectivity index (χ0) is 16.0. The quantitative estimate of drug-likeness (QED) is 0.749. The van der Waals surface area contributed by atoms with Gasteiger partial charge in [-0.25, -0.2) is 4.79 Å². The third-order valence-electron chi connectivity index (χ3n) is 3.91. The monoisotopic (exact) mass is 298 g/mol. The van der Waals surface area contributed by atoms with E-state index in [0.29, 0.717) is 24.9 Å². The van der Waals surface area contributed by atoms with E-state index in [0.717, 1.165) is 25.9 Å². The summed E-state index contributed by atoms with van der Waals surface area (Å²) in [6.07, 6.45) is 2.19. The summed E-state index contributed by atoms with van der Waals surface area (Å²) in [5.74, 6) is 0.512. The molecule has 0 aromatic rings. The van der Waals surface area contributed by atoms with E-state index < -0.39 is 5.97 Å². The molecule has 1 heterocycles. The van der Waals surface area contributed by atoms with Gasteiger partial charge in [-0.15, -0.1) is 0 Å². The SMILES string of the molecule is CC(C)CCN(CCC(C)C)C(=O)N1CC(CC(=O)O)C1. The van der Waals surface area contributed by atoms with Gasteiger partial charge in [0.2, 0.25) is 0 Å². The topological polar surface area (TPSA) is 60.9 Å². The number of carbonyl (C=O) groups excluding carboxylic acids is 1. The first kappa shape index (κ1) is 17.8. The van der Waals surface area contributed by atoms with Crippen molar-refractivity contribution in [3.8, 4) is 0 Å². The molecule has 0 bridgehead atoms. The minimum absolute atomic E-state index is 0.0814. The first-order chi connectivity index (χ1) is 9.79. The predicted octanol–water partition coefficient (Wildman–Crippen LogP) is 2.91. The minimum Gasteiger partial charge on any atom is -0.481 e. The van der Waals surface area contributed by atoms with Crippen LogP contribution in [0.3, 0.4) is 0 Å². The van der Waals surface area contributed by atoms with Crippen LogP contribution in [0.4, 0.5) is 4.79 Å². The summed E-state index contributed by atoms with van der Waals surface area (Å²) in [6, 6.07) is 0.0814. The highest BCUT2D eigenvalue weighted by molar-refractivity contribution is 5.76. The predicted molar refractivity (Wildman–Crippen MR) is 83.2 cm³/mol. The van der Waals surface area contributed by atoms with Crippen LogP contribution in [-0.4, -0.2) is 53.1 Å². The summed E-state index contributed by atoms with van der Waals surface area (Å²) in [6.45, 7) is 11.4. The number of rotatable bonds is 8. The number of nitrogens with zero attached hydrogens (tertiary/aromatic N) is 2. The molecule has 1 aliphatic rings. The third kappa shape index (κ3) is 6.36. The van der Waals surface area contributed by atoms with Crippen molar-refractivity contribution in [1.82, 2.24) is 9.80 Å². The fourth-order valence-electron chi connectivity index (χ4n) is 2.43. The molecular formula is C16H30N2O3. The second-order valence-corrected chi connectivity index (χ2v) is 7.00. The number of carbonyl (C=O) groups is 2. The molecule has 1 N–H and O–H groups in total. The summed E-state index contributed by atoms with van der Waals surface area (Å²) >= 11 is 0. The molecule has 0 spiro atoms. The Labute approximate surface area is 128 Å². The number of likely N-dealkylation sites (tertiary alicyclic amines) is 1. The van der Waals surface area contributed by atoms with Crippen molar-refractivity contribution in [3.63, 3.8) is 0 Å². The number of aliphatic carboxylic acids is 1. The van der Waals surface area contributed by atoms with Gasteiger partial charge in [-0.1, -0.05) is 27.7 Å². The lowest BCUT2D eigenvalue weighted by atomic mass is 9.97. The van der Waals surface area contributed by atoms with Crippen LogP contribution >= 0.6 is 0 Å². The van der Waals surface area contributed by atoms with Gasteiger partial charge in [0.25, 0.3) is 0 Å². The normalized spacial score (nSPS) is 15.4. The van der Waals surface area contributed by atoms with Crippen molar-refractivity contribution in [3.05, 3.63) is 0 Å². The fraction of sp³-hybridized carbons (Fsp3) is 0.875. The molecule has 5 nitrogen and oxygen atoms in total. The highest BCUT2D eigenvalue weighted by Crippen LogP contribution is 2.21. The Bertz CT molecular complexity index is 337. The van der Waals surface area contributed by atoms with E-state index in [-0.39, 0.29) is 18.4 Å². The van der Waals surface area contributed by atoms with Gasteiger partial charge in [0.1, 0.15) is 0 Å². The Morgan fingerprint density at radius 3 is 1.95 bits per heavy atom. The van der Waals surface area contributed by atoms with Crippen LogP contribution in [0.1, 0.15) is 47.0 Å². The second-order valence-electron chi connectivity index (χ2n) is 7.00. The number of urea groups is 1. The van der Waals surface area contributed by atoms with Crippen molar-refractivity contribution >= 4 is 12.0 Å². The van der Waals surface area contributed by atoms with Crippen molar-refractivity contribution in [2.45, 2.75) is 47.0 Å². The Morgan fingerprint density at radius 1 is 1.10 bits per heavy atom. The van der Waals surface area contributed by atoms with Crippen LogP contribution in [0.15, 0.2) is 0 Å². The number of hydrogen-bond acceptors (Lipinski definition) is 2. The lowest BCUT2D eigenvalue weighted by Crippen LogP contribution is -2.55. The van der Waals surface area contributed by atoms with E-state index in [1.165, 1.54) is 0 Å². The Balaban J connectivity index is 2.45. The first-order valence-corrected chi connectivity index (χ1v) is 8.05. The minimum atomic E-state index is -0.774. The molecule has 0 unspecified atom stereocenters. The molecule has 0 aromatic heterocycles. The van der Waals surface area contributed by atoms with Gasteiger partial charge >= 0.3 is 12.0 Å². The maximum absolute atomic E-state index is 12.5. The van der Waals surface area contributed by atoms with E-state index in [1.54, 1.807) is 4.90 Å². The summed E-state index contributed by atoms with van der Waals surface area (Å²) in [7, 11) is 0. The fourth-order valence-corrected chi connectivity index (χ4v) is 2.43. The molecule has 0 saturated carbocycles. The molecule has 1 saturated heterocycles. The van der Waals surface area contributed by atoms with Gasteiger partial charge in [0.05, 0.1) is 6.42 Å². The molecule has 1 rings (SSSR count). The van der Waals surface area contributed by atoms with Crippen molar-refractivity contribution in [2.75, 3.05) is 26.2 Å². The highest BCUT2D eigenvalue weighted by atomic mass is 16.4. The summed E-state index contributed by atoms with van der Waals surface area (Å²) in [5, 5.41) is 8.76. The zero-order valence-electron chi connectivity index (χ0n) is 13.8. The lowest BCUT2D eigenvalue weighted by molar-refractivity contribution is -0.139. The molecular weight excluding hydrogens is 268 g/mol. The first-order valence-electron chi connectivity index (χ1n) is 8.05. The van der Waals surface area contributed by atoms with Gasteiger partial charge in [0.15, 0.2) is 0 Å². The third-order valence-corrected chi connectivity index (χ3v) is 3.91. The molecule has 1 fully saturated rings. The number of carboxylic acid groups (broad SMARTS) is 1. The average Bonchev–Trinajstić information content (AvgIpc) is 2.31. The molecule has 2 amide bonds. The Morgan fingerprint density at radius 2 is 1.57 bits per heavy atom. The van der Waals surface area contributed by atoms with Gasteiger partial charge in [0, 0.05) is 32.1 Å². The van der Waals surface area contributed by atoms with Gasteiger partial charge in [-0.05, 0) is 24.7 Å². The molecule has 0 radical (unpaired) electrons. The summed E-state index contributed by atoms with van der Waals surface area (Å²) in [5.41, 5.74) is 0. The average molecular weight is 298 g/mol. The van der Waals surface area contributed by atoms with E-state index in [2.05, 4.69) is 27.7 Å². The Kier molecular flexibility index (Phi) is 6.99. The van der Waals surface area contributed by atoms with Crippen LogP contribution < -0.4 is 0 Å². The van der Waals surface area contributed by atoms with Crippen LogP contribution in [0.25, 0.3) is 0 Å². The largest absolute Gasteiger partial charge is 0.481 e. The van der Waals surface area contributed by atoms with E-state index in [1.807, 2.05) is 4.90 Å². The van der Waals surface area contributed by atoms with E-state index in [4.69, 9.17) is 5.11 Å². The van der Waals surface area contributed by atoms with Crippen LogP contribution in [0, 0.1) is 17.8 Å². The molecule has 0 aliphatic carbocycles. The summed E-state index contributed by atoms with van der Waals surface area (Å²) in [4.78, 5) is 26.9. The van der Waals surface area contributed by atoms with Crippen LogP contribution in [-0.2, 0) is 4.79 Å². The van der Waals surface area contributed by atoms with E-state index in [9.17, 15) is 9.59 Å². The standard InChI is InChI=1S/C16H30N2O3/c1-12(2)5-7-17(8-6-13(3)4)16(21)18-10-14(11-18)9-15(19)20/h12-14H,5-11H2,1-4H3,(H,19,20). The zero-order valence-corrected chi connectivity index (χ0v) is 13.8. The summed E-state index contributed by atoms with van der Waals surface area (Å²) < 4.78 is 0. The number of amides is 2. The van der Waals surface area contributed by atoms with E-state index >= 15 is 0 Å². The van der Waals surface area contributed by atoms with Crippen LogP contribution in [0.2, 0.25) is 0 Å². The van der Waals surface area contributed by atoms with Crippen molar-refractivity contribution < 1.29 is 14.7 Å². The molecule has 0 atom stereocenters. The lowest BCUT2D eigenvalue weighted by Gasteiger charge is -2.41. The highest BCUT2D eigenvalue weighted by Gasteiger charge is 2.34. The van der Waals surface area contributed by atoms with Crippen molar-refractivity contribution in [1.29, 1.82) is 0 Å².